The summed E-state index contributed by atoms with van der Waals surface area (Å²) in [6, 6.07) is -0.535. The molecule has 0 aromatic carbocycles. The van der Waals surface area contributed by atoms with Gasteiger partial charge in [-0.3, -0.25) is 4.79 Å². The second kappa shape index (κ2) is 1.86. The number of carbonyl (C=O) groups is 1. The second-order valence-electron chi connectivity index (χ2n) is 6.02. The van der Waals surface area contributed by atoms with Crippen molar-refractivity contribution in [1.29, 1.82) is 0 Å². The predicted molar refractivity (Wildman–Crippen MR) is 51.8 cm³/mol. The van der Waals surface area contributed by atoms with Crippen LogP contribution < -0.4 is 0 Å². The van der Waals surface area contributed by atoms with Crippen molar-refractivity contribution in [2.45, 2.75) is 6.04 Å². The van der Waals surface area contributed by atoms with Crippen LogP contribution >= 0.6 is 0 Å². The van der Waals surface area contributed by atoms with Gasteiger partial charge in [-0.15, -0.1) is 0 Å². The lowest BCUT2D eigenvalue weighted by Gasteiger charge is -3.08. The number of hydrogen-bond donors (Lipinski definition) is 0. The summed E-state index contributed by atoms with van der Waals surface area (Å²) in [7, 11) is 1.38. The Morgan fingerprint density at radius 2 is 1.88 bits per heavy atom. The van der Waals surface area contributed by atoms with E-state index < -0.39 is 6.04 Å². The third kappa shape index (κ3) is 0.386. The average molecular weight is 217 g/mol. The minimum atomic E-state index is -0.535. The number of methoxy groups -OCH3 is 1. The zero-order valence-electron chi connectivity index (χ0n) is 8.78. The summed E-state index contributed by atoms with van der Waals surface area (Å²) in [6.45, 7) is 0. The molecule has 6 saturated carbocycles. The number of azide groups is 1. The summed E-state index contributed by atoms with van der Waals surface area (Å²) in [5, 5.41) is 3.74. The molecule has 5 nitrogen and oxygen atoms in total. The topological polar surface area (TPSA) is 75.1 Å². The van der Waals surface area contributed by atoms with Gasteiger partial charge in [-0.05, 0) is 52.4 Å². The van der Waals surface area contributed by atoms with Crippen LogP contribution in [0.25, 0.3) is 10.4 Å². The van der Waals surface area contributed by atoms with Gasteiger partial charge in [0.05, 0.1) is 7.11 Å². The minimum absolute atomic E-state index is 0.0636. The Hall–Kier alpha value is -1.22. The fourth-order valence-corrected chi connectivity index (χ4v) is 6.58. The zero-order chi connectivity index (χ0) is 10.8. The molecule has 0 saturated heterocycles. The maximum atomic E-state index is 11.7. The van der Waals surface area contributed by atoms with Crippen molar-refractivity contribution in [3.05, 3.63) is 10.4 Å². The standard InChI is InChI=1S/C11H11N3O2/c1-16-10(15)9(13-14-12)11-6-3-2-4(6)8(11)5(2)7(3)11/h2-9H,1H3. The van der Waals surface area contributed by atoms with Crippen LogP contribution in [-0.4, -0.2) is 19.1 Å². The Kier molecular flexibility index (Phi) is 0.925. The van der Waals surface area contributed by atoms with E-state index >= 15 is 0 Å². The van der Waals surface area contributed by atoms with E-state index in [-0.39, 0.29) is 11.4 Å². The van der Waals surface area contributed by atoms with Gasteiger partial charge in [0.2, 0.25) is 0 Å². The lowest BCUT2D eigenvalue weighted by Crippen LogP contribution is -3.07. The fourth-order valence-electron chi connectivity index (χ4n) is 6.58. The SMILES string of the molecule is COC(=O)C(N=[N+]=[N-])C12C3C4C5C3C1C5C42. The summed E-state index contributed by atoms with van der Waals surface area (Å²) in [6.07, 6.45) is 0. The van der Waals surface area contributed by atoms with Gasteiger partial charge < -0.3 is 4.74 Å². The molecular formula is C11H11N3O2. The number of nitrogens with zero attached hydrogens (tertiary/aromatic N) is 3. The van der Waals surface area contributed by atoms with Crippen molar-refractivity contribution in [2.75, 3.05) is 7.11 Å². The number of carbonyl (C=O) groups excluding carboxylic acids is 1. The number of rotatable bonds is 3. The van der Waals surface area contributed by atoms with Gasteiger partial charge in [0, 0.05) is 4.91 Å². The molecule has 0 aromatic rings. The van der Waals surface area contributed by atoms with Gasteiger partial charge in [-0.25, -0.2) is 0 Å². The van der Waals surface area contributed by atoms with Crippen LogP contribution in [-0.2, 0) is 9.53 Å². The number of esters is 1. The van der Waals surface area contributed by atoms with Crippen molar-refractivity contribution >= 4 is 5.97 Å². The molecular weight excluding hydrogens is 206 g/mol. The second-order valence-corrected chi connectivity index (χ2v) is 6.02. The average Bonchev–Trinajstić information content (AvgIpc) is 2.35. The molecule has 1 unspecified atom stereocenters. The van der Waals surface area contributed by atoms with E-state index in [1.807, 2.05) is 0 Å². The molecule has 6 aliphatic carbocycles. The Bertz CT molecular complexity index is 445. The van der Waals surface area contributed by atoms with Crippen molar-refractivity contribution in [2.24, 2.45) is 52.0 Å². The maximum absolute atomic E-state index is 11.7. The third-order valence-corrected chi connectivity index (χ3v) is 6.62. The van der Waals surface area contributed by atoms with Crippen LogP contribution in [0.2, 0.25) is 0 Å². The van der Waals surface area contributed by atoms with Gasteiger partial charge >= 0.3 is 5.97 Å². The lowest BCUT2D eigenvalue weighted by molar-refractivity contribution is -0.616. The minimum Gasteiger partial charge on any atom is -0.469 e. The molecule has 0 radical (unpaired) electrons. The first kappa shape index (κ1) is 7.96. The first-order valence-electron chi connectivity index (χ1n) is 5.92. The molecule has 6 fully saturated rings. The van der Waals surface area contributed by atoms with E-state index in [0.717, 1.165) is 23.7 Å². The Morgan fingerprint density at radius 1 is 1.31 bits per heavy atom. The van der Waals surface area contributed by atoms with E-state index in [9.17, 15) is 4.79 Å². The molecule has 6 aliphatic rings. The van der Waals surface area contributed by atoms with Crippen LogP contribution in [0, 0.1) is 46.8 Å². The Labute approximate surface area is 91.8 Å². The van der Waals surface area contributed by atoms with E-state index in [2.05, 4.69) is 10.0 Å². The van der Waals surface area contributed by atoms with Gasteiger partial charge in [0.25, 0.3) is 0 Å². The third-order valence-electron chi connectivity index (χ3n) is 6.62. The van der Waals surface area contributed by atoms with Crippen LogP contribution in [0.5, 0.6) is 0 Å². The lowest BCUT2D eigenvalue weighted by atomic mass is 8.96. The number of hydrogen-bond acceptors (Lipinski definition) is 3. The molecule has 16 heavy (non-hydrogen) atoms. The first-order valence-corrected chi connectivity index (χ1v) is 5.92. The highest BCUT2D eigenvalue weighted by molar-refractivity contribution is 5.80. The molecule has 0 spiro atoms. The van der Waals surface area contributed by atoms with Gasteiger partial charge in [0.15, 0.2) is 0 Å². The Morgan fingerprint density at radius 3 is 2.31 bits per heavy atom. The molecule has 1 atom stereocenters. The molecule has 0 amide bonds. The quantitative estimate of drug-likeness (QED) is 0.308. The smallest absolute Gasteiger partial charge is 0.315 e. The summed E-state index contributed by atoms with van der Waals surface area (Å²) >= 11 is 0. The summed E-state index contributed by atoms with van der Waals surface area (Å²) in [4.78, 5) is 14.6. The maximum Gasteiger partial charge on any atom is 0.315 e. The van der Waals surface area contributed by atoms with Crippen LogP contribution in [0.4, 0.5) is 0 Å². The van der Waals surface area contributed by atoms with Crippen molar-refractivity contribution in [3.63, 3.8) is 0 Å². The van der Waals surface area contributed by atoms with Crippen molar-refractivity contribution in [1.82, 2.24) is 0 Å². The fraction of sp³-hybridized carbons (Fsp3) is 0.909. The van der Waals surface area contributed by atoms with Crippen LogP contribution in [0.15, 0.2) is 5.11 Å². The highest BCUT2D eigenvalue weighted by Gasteiger charge is 3.05. The predicted octanol–water partition coefficient (Wildman–Crippen LogP) is 1.21. The number of ether oxygens (including phenoxy) is 1. The van der Waals surface area contributed by atoms with Gasteiger partial charge in [0.1, 0.15) is 6.04 Å². The molecule has 0 heterocycles. The summed E-state index contributed by atoms with van der Waals surface area (Å²) in [5.41, 5.74) is 8.67. The molecule has 5 heteroatoms. The zero-order valence-corrected chi connectivity index (χ0v) is 8.78. The molecule has 0 aromatic heterocycles. The largest absolute Gasteiger partial charge is 0.469 e. The first-order chi connectivity index (χ1) is 7.80. The molecule has 82 valence electrons. The van der Waals surface area contributed by atoms with Gasteiger partial charge in [-0.1, -0.05) is 5.11 Å². The van der Waals surface area contributed by atoms with E-state index in [4.69, 9.17) is 10.3 Å². The van der Waals surface area contributed by atoms with Crippen LogP contribution in [0.3, 0.4) is 0 Å². The van der Waals surface area contributed by atoms with E-state index in [1.54, 1.807) is 0 Å². The molecule has 0 aliphatic heterocycles. The molecule has 0 N–H and O–H groups in total. The van der Waals surface area contributed by atoms with E-state index in [1.165, 1.54) is 7.11 Å². The van der Waals surface area contributed by atoms with Gasteiger partial charge in [-0.2, -0.15) is 0 Å². The normalized spacial score (nSPS) is 65.4. The summed E-state index contributed by atoms with van der Waals surface area (Å²) in [5.74, 6) is 5.45. The summed E-state index contributed by atoms with van der Waals surface area (Å²) < 4.78 is 4.79. The van der Waals surface area contributed by atoms with Crippen LogP contribution in [0.1, 0.15) is 0 Å². The van der Waals surface area contributed by atoms with Crippen molar-refractivity contribution < 1.29 is 9.53 Å². The highest BCUT2D eigenvalue weighted by atomic mass is 16.5. The monoisotopic (exact) mass is 217 g/mol. The highest BCUT2D eigenvalue weighted by Crippen LogP contribution is 3.06. The molecule has 0 bridgehead atoms. The Balaban J connectivity index is 1.56. The van der Waals surface area contributed by atoms with Crippen molar-refractivity contribution in [3.8, 4) is 0 Å². The molecule has 6 rings (SSSR count). The van der Waals surface area contributed by atoms with E-state index in [0.29, 0.717) is 17.8 Å².